The van der Waals surface area contributed by atoms with Crippen LogP contribution in [0, 0.1) is 0 Å². The fourth-order valence-corrected chi connectivity index (χ4v) is 2.42. The van der Waals surface area contributed by atoms with Crippen molar-refractivity contribution in [1.82, 2.24) is 5.32 Å². The highest BCUT2D eigenvalue weighted by Gasteiger charge is 2.32. The number of nitrogens with two attached hydrogens (primary N) is 1. The molecule has 0 saturated heterocycles. The highest BCUT2D eigenvalue weighted by Crippen LogP contribution is 2.29. The average molecular weight is 302 g/mol. The maximum absolute atomic E-state index is 12.1. The molecule has 0 radical (unpaired) electrons. The molecule has 2 rings (SSSR count). The molecule has 0 heterocycles. The average Bonchev–Trinajstić information content (AvgIpc) is 2.40. The van der Waals surface area contributed by atoms with E-state index in [2.05, 4.69) is 10.1 Å². The van der Waals surface area contributed by atoms with Crippen molar-refractivity contribution in [2.45, 2.75) is 44.5 Å². The number of carbonyl (C=O) groups is 1. The Morgan fingerprint density at radius 2 is 1.90 bits per heavy atom. The predicted molar refractivity (Wildman–Crippen MR) is 71.9 cm³/mol. The van der Waals surface area contributed by atoms with Crippen LogP contribution < -0.4 is 15.8 Å². The number of nitrogens with one attached hydrogen (secondary N) is 1. The molecule has 0 unspecified atom stereocenters. The van der Waals surface area contributed by atoms with Gasteiger partial charge in [0.1, 0.15) is 0 Å². The Balaban J connectivity index is 2.03. The van der Waals surface area contributed by atoms with E-state index in [1.807, 2.05) is 0 Å². The number of amides is 1. The minimum atomic E-state index is -4.81. The smallest absolute Gasteiger partial charge is 0.404 e. The molecule has 0 aromatic heterocycles. The normalized spacial score (nSPS) is 16.5. The summed E-state index contributed by atoms with van der Waals surface area (Å²) in [5, 5.41) is 2.87. The van der Waals surface area contributed by atoms with Crippen molar-refractivity contribution in [3.05, 3.63) is 23.8 Å². The molecule has 1 aliphatic rings. The third kappa shape index (κ3) is 4.54. The van der Waals surface area contributed by atoms with E-state index in [0.717, 1.165) is 31.7 Å². The minimum Gasteiger partial charge on any atom is -0.404 e. The fraction of sp³-hybridized carbons (Fsp3) is 0.500. The van der Waals surface area contributed by atoms with Gasteiger partial charge in [0.15, 0.2) is 5.75 Å². The summed E-state index contributed by atoms with van der Waals surface area (Å²) in [7, 11) is 0. The number of halogens is 3. The fourth-order valence-electron chi connectivity index (χ4n) is 2.42. The van der Waals surface area contributed by atoms with Crippen molar-refractivity contribution in [3.8, 4) is 5.75 Å². The van der Waals surface area contributed by atoms with Crippen LogP contribution in [0.15, 0.2) is 18.2 Å². The number of anilines is 1. The molecule has 1 fully saturated rings. The summed E-state index contributed by atoms with van der Waals surface area (Å²) < 4.78 is 40.2. The Hall–Kier alpha value is -1.92. The van der Waals surface area contributed by atoms with Gasteiger partial charge in [-0.3, -0.25) is 4.79 Å². The molecule has 1 aromatic carbocycles. The van der Waals surface area contributed by atoms with Gasteiger partial charge in [0.05, 0.1) is 5.69 Å². The van der Waals surface area contributed by atoms with Crippen LogP contribution in [0.25, 0.3) is 0 Å². The quantitative estimate of drug-likeness (QED) is 0.843. The monoisotopic (exact) mass is 302 g/mol. The lowest BCUT2D eigenvalue weighted by Gasteiger charge is -2.22. The molecular formula is C14H17F3N2O2. The second-order valence-electron chi connectivity index (χ2n) is 5.11. The molecule has 1 aromatic rings. The standard InChI is InChI=1S/C14H17F3N2O2/c15-14(16,17)21-12-7-6-9(8-11(12)18)13(20)19-10-4-2-1-3-5-10/h6-8,10H,1-5,18H2,(H,19,20). The van der Waals surface area contributed by atoms with Crippen LogP contribution in [0.3, 0.4) is 0 Å². The van der Waals surface area contributed by atoms with Gasteiger partial charge in [0.25, 0.3) is 5.91 Å². The molecule has 21 heavy (non-hydrogen) atoms. The lowest BCUT2D eigenvalue weighted by Crippen LogP contribution is -2.36. The molecular weight excluding hydrogens is 285 g/mol. The van der Waals surface area contributed by atoms with Crippen LogP contribution in [-0.2, 0) is 0 Å². The lowest BCUT2D eigenvalue weighted by atomic mass is 9.95. The summed E-state index contributed by atoms with van der Waals surface area (Å²) in [5.41, 5.74) is 5.50. The number of hydrogen-bond donors (Lipinski definition) is 2. The zero-order chi connectivity index (χ0) is 15.5. The number of benzene rings is 1. The molecule has 7 heteroatoms. The van der Waals surface area contributed by atoms with Gasteiger partial charge in [-0.2, -0.15) is 0 Å². The first kappa shape index (κ1) is 15.5. The Labute approximate surface area is 120 Å². The van der Waals surface area contributed by atoms with E-state index in [1.54, 1.807) is 0 Å². The van der Waals surface area contributed by atoms with E-state index >= 15 is 0 Å². The van der Waals surface area contributed by atoms with Crippen LogP contribution in [0.4, 0.5) is 18.9 Å². The van der Waals surface area contributed by atoms with Crippen molar-refractivity contribution < 1.29 is 22.7 Å². The molecule has 0 bridgehead atoms. The third-order valence-corrected chi connectivity index (χ3v) is 3.44. The van der Waals surface area contributed by atoms with Gasteiger partial charge >= 0.3 is 6.36 Å². The zero-order valence-corrected chi connectivity index (χ0v) is 11.4. The highest BCUT2D eigenvalue weighted by atomic mass is 19.4. The minimum absolute atomic E-state index is 0.124. The van der Waals surface area contributed by atoms with E-state index in [9.17, 15) is 18.0 Å². The van der Waals surface area contributed by atoms with Gasteiger partial charge in [0.2, 0.25) is 0 Å². The molecule has 1 amide bonds. The van der Waals surface area contributed by atoms with Crippen LogP contribution in [0.2, 0.25) is 0 Å². The van der Waals surface area contributed by atoms with Gasteiger partial charge in [-0.1, -0.05) is 19.3 Å². The number of carbonyl (C=O) groups excluding carboxylic acids is 1. The van der Waals surface area contributed by atoms with Gasteiger partial charge in [0, 0.05) is 11.6 Å². The summed E-state index contributed by atoms with van der Waals surface area (Å²) in [6.45, 7) is 0. The summed E-state index contributed by atoms with van der Waals surface area (Å²) in [4.78, 5) is 12.0. The van der Waals surface area contributed by atoms with Crippen LogP contribution >= 0.6 is 0 Å². The summed E-state index contributed by atoms with van der Waals surface area (Å²) >= 11 is 0. The van der Waals surface area contributed by atoms with E-state index in [4.69, 9.17) is 5.73 Å². The Bertz CT molecular complexity index is 511. The number of rotatable bonds is 3. The maximum atomic E-state index is 12.1. The first-order valence-corrected chi connectivity index (χ1v) is 6.81. The van der Waals surface area contributed by atoms with Gasteiger partial charge < -0.3 is 15.8 Å². The molecule has 0 aliphatic heterocycles. The molecule has 0 spiro atoms. The number of nitrogen functional groups attached to an aromatic ring is 1. The van der Waals surface area contributed by atoms with Crippen LogP contribution in [0.1, 0.15) is 42.5 Å². The molecule has 1 saturated carbocycles. The zero-order valence-electron chi connectivity index (χ0n) is 11.4. The maximum Gasteiger partial charge on any atom is 0.573 e. The largest absolute Gasteiger partial charge is 0.573 e. The second-order valence-corrected chi connectivity index (χ2v) is 5.11. The van der Waals surface area contributed by atoms with E-state index < -0.39 is 12.1 Å². The SMILES string of the molecule is Nc1cc(C(=O)NC2CCCCC2)ccc1OC(F)(F)F. The van der Waals surface area contributed by atoms with E-state index in [-0.39, 0.29) is 23.2 Å². The van der Waals surface area contributed by atoms with Gasteiger partial charge in [-0.25, -0.2) is 0 Å². The first-order valence-electron chi connectivity index (χ1n) is 6.81. The Morgan fingerprint density at radius 3 is 2.48 bits per heavy atom. The molecule has 116 valence electrons. The Morgan fingerprint density at radius 1 is 1.24 bits per heavy atom. The van der Waals surface area contributed by atoms with Crippen molar-refractivity contribution in [3.63, 3.8) is 0 Å². The van der Waals surface area contributed by atoms with Gasteiger partial charge in [-0.05, 0) is 31.0 Å². The predicted octanol–water partition coefficient (Wildman–Crippen LogP) is 3.23. The second kappa shape index (κ2) is 6.24. The van der Waals surface area contributed by atoms with Crippen molar-refractivity contribution >= 4 is 11.6 Å². The van der Waals surface area contributed by atoms with Crippen LogP contribution in [-0.4, -0.2) is 18.3 Å². The molecule has 1 aliphatic carbocycles. The van der Waals surface area contributed by atoms with E-state index in [0.29, 0.717) is 0 Å². The number of alkyl halides is 3. The Kier molecular flexibility index (Phi) is 4.59. The summed E-state index contributed by atoms with van der Waals surface area (Å²) in [5.74, 6) is -0.830. The lowest BCUT2D eigenvalue weighted by molar-refractivity contribution is -0.274. The van der Waals surface area contributed by atoms with Crippen molar-refractivity contribution in [2.24, 2.45) is 0 Å². The summed E-state index contributed by atoms with van der Waals surface area (Å²) in [6.07, 6.45) is 0.368. The molecule has 0 atom stereocenters. The topological polar surface area (TPSA) is 64.4 Å². The van der Waals surface area contributed by atoms with Gasteiger partial charge in [-0.15, -0.1) is 13.2 Å². The van der Waals surface area contributed by atoms with Crippen LogP contribution in [0.5, 0.6) is 5.75 Å². The number of hydrogen-bond acceptors (Lipinski definition) is 3. The van der Waals surface area contributed by atoms with E-state index in [1.165, 1.54) is 18.6 Å². The first-order chi connectivity index (χ1) is 9.85. The van der Waals surface area contributed by atoms with Crippen molar-refractivity contribution in [2.75, 3.05) is 5.73 Å². The summed E-state index contributed by atoms with van der Waals surface area (Å²) in [6, 6.07) is 3.64. The third-order valence-electron chi connectivity index (χ3n) is 3.44. The molecule has 4 nitrogen and oxygen atoms in total. The van der Waals surface area contributed by atoms with Crippen molar-refractivity contribution in [1.29, 1.82) is 0 Å². The molecule has 3 N–H and O–H groups in total. The highest BCUT2D eigenvalue weighted by molar-refractivity contribution is 5.95. The number of ether oxygens (including phenoxy) is 1.